The summed E-state index contributed by atoms with van der Waals surface area (Å²) in [6.07, 6.45) is 1.90. The average Bonchev–Trinajstić information content (AvgIpc) is 3.09. The maximum Gasteiger partial charge on any atom is 0.329 e. The van der Waals surface area contributed by atoms with E-state index in [0.29, 0.717) is 5.75 Å². The molecule has 176 valence electrons. The zero-order valence-corrected chi connectivity index (χ0v) is 19.2. The van der Waals surface area contributed by atoms with Crippen LogP contribution in [0.5, 0.6) is 0 Å². The SMILES string of the molecule is CSCCC(C(=O)OCC(=O)N(CCC#N)c1ccccc1F)N1C(=O)c2ccccc2C1=O. The van der Waals surface area contributed by atoms with E-state index in [1.807, 2.05) is 12.3 Å². The quantitative estimate of drug-likeness (QED) is 0.378. The van der Waals surface area contributed by atoms with E-state index in [9.17, 15) is 23.6 Å². The minimum Gasteiger partial charge on any atom is -0.454 e. The van der Waals surface area contributed by atoms with Crippen molar-refractivity contribution in [2.45, 2.75) is 18.9 Å². The summed E-state index contributed by atoms with van der Waals surface area (Å²) in [6.45, 7) is -0.834. The molecule has 0 N–H and O–H groups in total. The van der Waals surface area contributed by atoms with E-state index < -0.39 is 42.2 Å². The number of nitrogens with zero attached hydrogens (tertiary/aromatic N) is 3. The Bertz CT molecular complexity index is 1110. The molecule has 1 aliphatic heterocycles. The number of rotatable bonds is 10. The van der Waals surface area contributed by atoms with Crippen LogP contribution in [0.25, 0.3) is 0 Å². The Hall–Kier alpha value is -3.71. The predicted octanol–water partition coefficient (Wildman–Crippen LogP) is 3.03. The van der Waals surface area contributed by atoms with Crippen molar-refractivity contribution in [1.29, 1.82) is 5.26 Å². The molecule has 2 aromatic rings. The number of hydrogen-bond acceptors (Lipinski definition) is 7. The smallest absolute Gasteiger partial charge is 0.329 e. The Labute approximate surface area is 200 Å². The molecule has 3 amide bonds. The number of anilines is 1. The third-order valence-electron chi connectivity index (χ3n) is 5.23. The first kappa shape index (κ1) is 24.9. The van der Waals surface area contributed by atoms with Crippen molar-refractivity contribution in [1.82, 2.24) is 4.90 Å². The number of ether oxygens (including phenoxy) is 1. The van der Waals surface area contributed by atoms with E-state index in [1.54, 1.807) is 12.1 Å². The van der Waals surface area contributed by atoms with Gasteiger partial charge in [0.05, 0.1) is 29.3 Å². The molecule has 1 atom stereocenters. The van der Waals surface area contributed by atoms with Crippen LogP contribution in [0.4, 0.5) is 10.1 Å². The number of esters is 1. The summed E-state index contributed by atoms with van der Waals surface area (Å²) >= 11 is 1.43. The largest absolute Gasteiger partial charge is 0.454 e. The summed E-state index contributed by atoms with van der Waals surface area (Å²) in [6, 6.07) is 12.5. The number of carbonyl (C=O) groups excluding carboxylic acids is 4. The van der Waals surface area contributed by atoms with E-state index in [4.69, 9.17) is 10.00 Å². The molecule has 2 aromatic carbocycles. The van der Waals surface area contributed by atoms with Gasteiger partial charge in [0.1, 0.15) is 11.9 Å². The number of carbonyl (C=O) groups is 4. The second kappa shape index (κ2) is 11.4. The van der Waals surface area contributed by atoms with Crippen LogP contribution in [0.15, 0.2) is 48.5 Å². The fourth-order valence-corrected chi connectivity index (χ4v) is 4.05. The second-order valence-electron chi connectivity index (χ2n) is 7.34. The second-order valence-corrected chi connectivity index (χ2v) is 8.32. The zero-order valence-electron chi connectivity index (χ0n) is 18.4. The highest BCUT2D eigenvalue weighted by Gasteiger charge is 2.43. The molecule has 0 radical (unpaired) electrons. The highest BCUT2D eigenvalue weighted by molar-refractivity contribution is 7.98. The molecule has 0 saturated heterocycles. The standard InChI is InChI=1S/C24H22FN3O5S/c1-34-14-11-20(28-22(30)16-7-2-3-8-17(16)23(28)31)24(32)33-15-21(29)27(13-6-12-26)19-10-5-4-9-18(19)25/h2-5,7-10,20H,6,11,13-15H2,1H3. The molecule has 0 saturated carbocycles. The Balaban J connectivity index is 1.76. The van der Waals surface area contributed by atoms with Crippen molar-refractivity contribution in [2.24, 2.45) is 0 Å². The molecule has 34 heavy (non-hydrogen) atoms. The first-order chi connectivity index (χ1) is 16.4. The molecule has 8 nitrogen and oxygen atoms in total. The lowest BCUT2D eigenvalue weighted by Crippen LogP contribution is -2.47. The number of para-hydroxylation sites is 1. The highest BCUT2D eigenvalue weighted by Crippen LogP contribution is 2.27. The maximum absolute atomic E-state index is 14.2. The van der Waals surface area contributed by atoms with Crippen molar-refractivity contribution in [3.05, 3.63) is 65.5 Å². The number of amides is 3. The van der Waals surface area contributed by atoms with E-state index in [2.05, 4.69) is 0 Å². The van der Waals surface area contributed by atoms with E-state index >= 15 is 0 Å². The van der Waals surface area contributed by atoms with Crippen molar-refractivity contribution in [3.63, 3.8) is 0 Å². The van der Waals surface area contributed by atoms with Gasteiger partial charge in [0, 0.05) is 6.54 Å². The molecule has 3 rings (SSSR count). The van der Waals surface area contributed by atoms with E-state index in [0.717, 1.165) is 9.80 Å². The van der Waals surface area contributed by atoms with Crippen LogP contribution in [0.1, 0.15) is 33.6 Å². The summed E-state index contributed by atoms with van der Waals surface area (Å²) in [5, 5.41) is 8.89. The van der Waals surface area contributed by atoms with Crippen LogP contribution in [-0.2, 0) is 14.3 Å². The lowest BCUT2D eigenvalue weighted by Gasteiger charge is -2.26. The monoisotopic (exact) mass is 483 g/mol. The van der Waals surface area contributed by atoms with Gasteiger partial charge >= 0.3 is 5.97 Å². The maximum atomic E-state index is 14.2. The van der Waals surface area contributed by atoms with Gasteiger partial charge in [-0.1, -0.05) is 24.3 Å². The molecule has 1 unspecified atom stereocenters. The summed E-state index contributed by atoms with van der Waals surface area (Å²) in [5.74, 6) is -3.05. The van der Waals surface area contributed by atoms with Crippen LogP contribution in [0, 0.1) is 17.1 Å². The molecule has 0 spiro atoms. The molecular formula is C24H22FN3O5S. The fraction of sp³-hybridized carbons (Fsp3) is 0.292. The Morgan fingerprint density at radius 2 is 1.74 bits per heavy atom. The van der Waals surface area contributed by atoms with E-state index in [-0.39, 0.29) is 36.2 Å². The number of benzene rings is 2. The number of halogens is 1. The third-order valence-corrected chi connectivity index (χ3v) is 5.88. The van der Waals surface area contributed by atoms with Crippen molar-refractivity contribution in [3.8, 4) is 6.07 Å². The van der Waals surface area contributed by atoms with Crippen molar-refractivity contribution in [2.75, 3.05) is 30.1 Å². The molecule has 0 aliphatic carbocycles. The van der Waals surface area contributed by atoms with Gasteiger partial charge in [-0.15, -0.1) is 0 Å². The predicted molar refractivity (Wildman–Crippen MR) is 124 cm³/mol. The molecular weight excluding hydrogens is 461 g/mol. The lowest BCUT2D eigenvalue weighted by molar-refractivity contribution is -0.151. The van der Waals surface area contributed by atoms with Gasteiger partial charge in [0.25, 0.3) is 17.7 Å². The van der Waals surface area contributed by atoms with Gasteiger partial charge in [-0.25, -0.2) is 9.18 Å². The van der Waals surface area contributed by atoms with Crippen LogP contribution < -0.4 is 4.90 Å². The Morgan fingerprint density at radius 1 is 1.12 bits per heavy atom. The molecule has 1 aliphatic rings. The topological polar surface area (TPSA) is 108 Å². The van der Waals surface area contributed by atoms with Gasteiger partial charge < -0.3 is 9.64 Å². The average molecular weight is 484 g/mol. The number of nitriles is 1. The molecule has 10 heteroatoms. The van der Waals surface area contributed by atoms with Gasteiger partial charge in [-0.2, -0.15) is 17.0 Å². The molecule has 0 bridgehead atoms. The van der Waals surface area contributed by atoms with Crippen LogP contribution in [0.3, 0.4) is 0 Å². The van der Waals surface area contributed by atoms with Crippen LogP contribution in [0.2, 0.25) is 0 Å². The van der Waals surface area contributed by atoms with Crippen molar-refractivity contribution >= 4 is 41.1 Å². The Morgan fingerprint density at radius 3 is 2.32 bits per heavy atom. The van der Waals surface area contributed by atoms with E-state index in [1.165, 1.54) is 48.2 Å². The fourth-order valence-electron chi connectivity index (χ4n) is 3.59. The minimum atomic E-state index is -1.21. The lowest BCUT2D eigenvalue weighted by atomic mass is 10.1. The number of fused-ring (bicyclic) bond motifs is 1. The third kappa shape index (κ3) is 5.26. The summed E-state index contributed by atoms with van der Waals surface area (Å²) in [5.41, 5.74) is 0.360. The number of thioether (sulfide) groups is 1. The highest BCUT2D eigenvalue weighted by atomic mass is 32.2. The van der Waals surface area contributed by atoms with Gasteiger partial charge in [0.2, 0.25) is 0 Å². The molecule has 1 heterocycles. The number of hydrogen-bond donors (Lipinski definition) is 0. The summed E-state index contributed by atoms with van der Waals surface area (Å²) < 4.78 is 19.4. The van der Waals surface area contributed by atoms with Gasteiger partial charge in [-0.3, -0.25) is 19.3 Å². The molecule has 0 aromatic heterocycles. The zero-order chi connectivity index (χ0) is 24.7. The van der Waals surface area contributed by atoms with Crippen LogP contribution >= 0.6 is 11.8 Å². The van der Waals surface area contributed by atoms with Crippen molar-refractivity contribution < 1.29 is 28.3 Å². The normalized spacial score (nSPS) is 13.3. The summed E-state index contributed by atoms with van der Waals surface area (Å²) in [4.78, 5) is 53.3. The number of imide groups is 1. The van der Waals surface area contributed by atoms with Gasteiger partial charge in [-0.05, 0) is 42.7 Å². The van der Waals surface area contributed by atoms with Gasteiger partial charge in [0.15, 0.2) is 6.61 Å². The first-order valence-corrected chi connectivity index (χ1v) is 11.8. The van der Waals surface area contributed by atoms with Crippen LogP contribution in [-0.4, -0.2) is 59.8 Å². The minimum absolute atomic E-state index is 0.0434. The summed E-state index contributed by atoms with van der Waals surface area (Å²) in [7, 11) is 0. The first-order valence-electron chi connectivity index (χ1n) is 10.4. The Kier molecular flexibility index (Phi) is 8.38. The molecule has 0 fully saturated rings.